The summed E-state index contributed by atoms with van der Waals surface area (Å²) >= 11 is 0. The molecule has 0 unspecified atom stereocenters. The van der Waals surface area contributed by atoms with E-state index in [1.165, 1.54) is 44.2 Å². The summed E-state index contributed by atoms with van der Waals surface area (Å²) in [6.45, 7) is 2.79. The third kappa shape index (κ3) is 2.99. The molecule has 5 nitrogen and oxygen atoms in total. The van der Waals surface area contributed by atoms with Gasteiger partial charge in [0.05, 0.1) is 4.90 Å². The molecule has 1 heterocycles. The monoisotopic (exact) mass is 382 g/mol. The summed E-state index contributed by atoms with van der Waals surface area (Å²) in [7, 11) is -3.84. The summed E-state index contributed by atoms with van der Waals surface area (Å²) in [5.41, 5.74) is 0.422. The fourth-order valence-electron chi connectivity index (χ4n) is 2.53. The van der Waals surface area contributed by atoms with Gasteiger partial charge < -0.3 is 4.52 Å². The predicted octanol–water partition coefficient (Wildman–Crippen LogP) is 3.69. The molecule has 1 aromatic heterocycles. The lowest BCUT2D eigenvalue weighted by atomic mass is 9.98. The molecule has 136 valence electrons. The van der Waals surface area contributed by atoms with E-state index in [0.717, 1.165) is 0 Å². The third-order valence-corrected chi connectivity index (χ3v) is 5.03. The van der Waals surface area contributed by atoms with Crippen molar-refractivity contribution in [2.24, 2.45) is 5.14 Å². The molecule has 0 aliphatic rings. The molecule has 0 spiro atoms. The van der Waals surface area contributed by atoms with Crippen molar-refractivity contribution in [3.05, 3.63) is 58.9 Å². The van der Waals surface area contributed by atoms with Crippen LogP contribution >= 0.6 is 0 Å². The molecule has 2 N–H and O–H groups in total. The van der Waals surface area contributed by atoms with Crippen molar-refractivity contribution in [1.82, 2.24) is 5.16 Å². The van der Waals surface area contributed by atoms with Gasteiger partial charge in [0.25, 0.3) is 0 Å². The molecule has 2 aromatic carbocycles. The van der Waals surface area contributed by atoms with Gasteiger partial charge >= 0.3 is 0 Å². The number of nitrogens with zero attached hydrogens (tertiary/aromatic N) is 1. The Bertz CT molecular complexity index is 1080. The van der Waals surface area contributed by atoms with E-state index in [0.29, 0.717) is 5.56 Å². The quantitative estimate of drug-likeness (QED) is 0.700. The first-order chi connectivity index (χ1) is 12.1. The van der Waals surface area contributed by atoms with Gasteiger partial charge in [-0.15, -0.1) is 0 Å². The van der Waals surface area contributed by atoms with Gasteiger partial charge in [0.2, 0.25) is 10.0 Å². The number of halogens is 3. The Morgan fingerprint density at radius 3 is 2.15 bits per heavy atom. The molecule has 0 bridgehead atoms. The zero-order valence-electron chi connectivity index (χ0n) is 13.7. The Hall–Kier alpha value is -2.65. The molecule has 0 aliphatic carbocycles. The van der Waals surface area contributed by atoms with Crippen LogP contribution in [-0.2, 0) is 10.0 Å². The van der Waals surface area contributed by atoms with E-state index in [1.54, 1.807) is 0 Å². The van der Waals surface area contributed by atoms with Crippen molar-refractivity contribution >= 4 is 10.0 Å². The lowest BCUT2D eigenvalue weighted by Crippen LogP contribution is -2.11. The first-order valence-corrected chi connectivity index (χ1v) is 8.90. The number of hydrogen-bond acceptors (Lipinski definition) is 4. The van der Waals surface area contributed by atoms with Crippen LogP contribution in [0.5, 0.6) is 0 Å². The summed E-state index contributed by atoms with van der Waals surface area (Å²) in [6.07, 6.45) is 0. The minimum Gasteiger partial charge on any atom is -0.356 e. The van der Waals surface area contributed by atoms with Crippen LogP contribution in [0.2, 0.25) is 0 Å². The third-order valence-electron chi connectivity index (χ3n) is 4.11. The van der Waals surface area contributed by atoms with E-state index < -0.39 is 27.5 Å². The minimum absolute atomic E-state index is 0.00692. The van der Waals surface area contributed by atoms with Gasteiger partial charge in [-0.1, -0.05) is 5.16 Å². The minimum atomic E-state index is -3.84. The van der Waals surface area contributed by atoms with Crippen molar-refractivity contribution in [1.29, 1.82) is 0 Å². The van der Waals surface area contributed by atoms with Crippen molar-refractivity contribution in [2.45, 2.75) is 18.7 Å². The average Bonchev–Trinajstić information content (AvgIpc) is 3.07. The van der Waals surface area contributed by atoms with E-state index in [4.69, 9.17) is 9.66 Å². The second-order valence-electron chi connectivity index (χ2n) is 5.71. The van der Waals surface area contributed by atoms with Gasteiger partial charge in [-0.3, -0.25) is 0 Å². The Morgan fingerprint density at radius 1 is 0.962 bits per heavy atom. The van der Waals surface area contributed by atoms with Gasteiger partial charge in [0.1, 0.15) is 5.69 Å². The lowest BCUT2D eigenvalue weighted by molar-refractivity contribution is 0.429. The highest BCUT2D eigenvalue weighted by Crippen LogP contribution is 2.34. The fourth-order valence-corrected chi connectivity index (χ4v) is 3.05. The number of primary sulfonamides is 1. The lowest BCUT2D eigenvalue weighted by Gasteiger charge is -2.09. The SMILES string of the molecule is Cc1c(C)c(-c2cc(-c3ccc(S(N)(=O)=O)cc3)on2)c(F)c(F)c1F. The van der Waals surface area contributed by atoms with Gasteiger partial charge in [0, 0.05) is 17.2 Å². The maximum atomic E-state index is 14.2. The Labute approximate surface area is 147 Å². The van der Waals surface area contributed by atoms with Crippen LogP contribution in [0.4, 0.5) is 13.2 Å². The fraction of sp³-hybridized carbons (Fsp3) is 0.118. The summed E-state index contributed by atoms with van der Waals surface area (Å²) in [4.78, 5) is -0.0842. The molecule has 3 aromatic rings. The molecular formula is C17H13F3N2O3S. The Kier molecular flexibility index (Phi) is 4.37. The number of sulfonamides is 1. The van der Waals surface area contributed by atoms with Crippen LogP contribution in [0.3, 0.4) is 0 Å². The Morgan fingerprint density at radius 2 is 1.58 bits per heavy atom. The van der Waals surface area contributed by atoms with Crippen LogP contribution in [0, 0.1) is 31.3 Å². The van der Waals surface area contributed by atoms with E-state index in [2.05, 4.69) is 5.16 Å². The average molecular weight is 382 g/mol. The number of nitrogens with two attached hydrogens (primary N) is 1. The molecule has 0 aliphatic heterocycles. The first kappa shape index (κ1) is 18.2. The number of rotatable bonds is 3. The highest BCUT2D eigenvalue weighted by molar-refractivity contribution is 7.89. The van der Waals surface area contributed by atoms with Crippen LogP contribution in [0.25, 0.3) is 22.6 Å². The van der Waals surface area contributed by atoms with E-state index >= 15 is 0 Å². The van der Waals surface area contributed by atoms with E-state index in [9.17, 15) is 21.6 Å². The van der Waals surface area contributed by atoms with Crippen LogP contribution < -0.4 is 5.14 Å². The highest BCUT2D eigenvalue weighted by atomic mass is 32.2. The van der Waals surface area contributed by atoms with E-state index in [1.807, 2.05) is 0 Å². The molecule has 0 saturated heterocycles. The van der Waals surface area contributed by atoms with Crippen molar-refractivity contribution in [2.75, 3.05) is 0 Å². The van der Waals surface area contributed by atoms with Gasteiger partial charge in [0.15, 0.2) is 23.2 Å². The van der Waals surface area contributed by atoms with Crippen LogP contribution in [0.1, 0.15) is 11.1 Å². The number of aromatic nitrogens is 1. The van der Waals surface area contributed by atoms with Crippen LogP contribution in [-0.4, -0.2) is 13.6 Å². The Balaban J connectivity index is 2.07. The molecule has 0 atom stereocenters. The van der Waals surface area contributed by atoms with Crippen LogP contribution in [0.15, 0.2) is 39.8 Å². The standard InChI is InChI=1S/C17H13F3N2O3S/c1-8-9(2)15(18)17(20)16(19)14(8)12-7-13(25-22-12)10-3-5-11(6-4-10)26(21,23)24/h3-7H,1-2H3,(H2,21,23,24). The summed E-state index contributed by atoms with van der Waals surface area (Å²) < 4.78 is 69.2. The molecular weight excluding hydrogens is 369 g/mol. The predicted molar refractivity (Wildman–Crippen MR) is 88.1 cm³/mol. The normalized spacial score (nSPS) is 11.8. The first-order valence-electron chi connectivity index (χ1n) is 7.35. The molecule has 9 heteroatoms. The number of benzene rings is 2. The van der Waals surface area contributed by atoms with Crippen molar-refractivity contribution < 1.29 is 26.1 Å². The molecule has 0 radical (unpaired) electrons. The second kappa shape index (κ2) is 6.26. The van der Waals surface area contributed by atoms with E-state index in [-0.39, 0.29) is 33.0 Å². The maximum absolute atomic E-state index is 14.2. The van der Waals surface area contributed by atoms with Gasteiger partial charge in [-0.05, 0) is 49.2 Å². The molecule has 0 amide bonds. The zero-order valence-corrected chi connectivity index (χ0v) is 14.5. The summed E-state index contributed by atoms with van der Waals surface area (Å²) in [5.74, 6) is -3.98. The number of hydrogen-bond donors (Lipinski definition) is 1. The smallest absolute Gasteiger partial charge is 0.238 e. The van der Waals surface area contributed by atoms with Crippen molar-refractivity contribution in [3.63, 3.8) is 0 Å². The molecule has 0 saturated carbocycles. The summed E-state index contributed by atoms with van der Waals surface area (Å²) in [6, 6.07) is 6.78. The largest absolute Gasteiger partial charge is 0.356 e. The highest BCUT2D eigenvalue weighted by Gasteiger charge is 2.24. The molecule has 0 fully saturated rings. The van der Waals surface area contributed by atoms with Gasteiger partial charge in [-0.25, -0.2) is 26.7 Å². The maximum Gasteiger partial charge on any atom is 0.238 e. The van der Waals surface area contributed by atoms with Gasteiger partial charge in [-0.2, -0.15) is 0 Å². The molecule has 3 rings (SSSR count). The summed E-state index contributed by atoms with van der Waals surface area (Å²) in [5, 5.41) is 8.75. The topological polar surface area (TPSA) is 86.2 Å². The zero-order chi connectivity index (χ0) is 19.2. The second-order valence-corrected chi connectivity index (χ2v) is 7.27. The van der Waals surface area contributed by atoms with Crippen molar-refractivity contribution in [3.8, 4) is 22.6 Å². The molecule has 26 heavy (non-hydrogen) atoms.